The monoisotopic (exact) mass is 371 g/mol. The number of benzene rings is 1. The third kappa shape index (κ3) is 2.72. The maximum absolute atomic E-state index is 12.8. The highest BCUT2D eigenvalue weighted by atomic mass is 35.5. The Morgan fingerprint density at radius 2 is 1.81 bits per heavy atom. The SMILES string of the molecule is O=C(Oc1ccc(Cl)cc1N1C(=O)[C@H]2CC=CC[C@@H]2C1=O)c1ccco1. The first-order valence-corrected chi connectivity index (χ1v) is 8.52. The van der Waals surface area contributed by atoms with Crippen LogP contribution in [0, 0.1) is 11.8 Å². The van der Waals surface area contributed by atoms with Crippen LogP contribution in [-0.4, -0.2) is 17.8 Å². The highest BCUT2D eigenvalue weighted by Crippen LogP contribution is 2.41. The van der Waals surface area contributed by atoms with Crippen LogP contribution in [0.5, 0.6) is 5.75 Å². The van der Waals surface area contributed by atoms with Gasteiger partial charge in [-0.2, -0.15) is 0 Å². The van der Waals surface area contributed by atoms with Crippen molar-refractivity contribution in [2.75, 3.05) is 4.90 Å². The second-order valence-corrected chi connectivity index (χ2v) is 6.58. The summed E-state index contributed by atoms with van der Waals surface area (Å²) in [5.74, 6) is -2.02. The summed E-state index contributed by atoms with van der Waals surface area (Å²) in [4.78, 5) is 38.9. The number of fused-ring (bicyclic) bond motifs is 1. The summed E-state index contributed by atoms with van der Waals surface area (Å²) in [5, 5.41) is 0.325. The molecule has 132 valence electrons. The van der Waals surface area contributed by atoms with Gasteiger partial charge in [0.05, 0.1) is 23.8 Å². The smallest absolute Gasteiger partial charge is 0.379 e. The maximum Gasteiger partial charge on any atom is 0.379 e. The van der Waals surface area contributed by atoms with Crippen molar-refractivity contribution in [1.29, 1.82) is 0 Å². The number of hydrogen-bond donors (Lipinski definition) is 0. The lowest BCUT2D eigenvalue weighted by Crippen LogP contribution is -2.31. The zero-order valence-electron chi connectivity index (χ0n) is 13.6. The molecule has 0 radical (unpaired) electrons. The molecule has 4 rings (SSSR count). The number of furan rings is 1. The quantitative estimate of drug-likeness (QED) is 0.356. The predicted octanol–water partition coefficient (Wildman–Crippen LogP) is 3.61. The molecule has 2 atom stereocenters. The van der Waals surface area contributed by atoms with Gasteiger partial charge in [0, 0.05) is 5.02 Å². The van der Waals surface area contributed by atoms with Crippen LogP contribution in [0.4, 0.5) is 5.69 Å². The van der Waals surface area contributed by atoms with Gasteiger partial charge in [0.1, 0.15) is 0 Å². The molecule has 2 amide bonds. The van der Waals surface area contributed by atoms with E-state index < -0.39 is 5.97 Å². The van der Waals surface area contributed by atoms with Crippen molar-refractivity contribution in [3.8, 4) is 5.75 Å². The van der Waals surface area contributed by atoms with Crippen LogP contribution in [0.25, 0.3) is 0 Å². The number of amides is 2. The van der Waals surface area contributed by atoms with Gasteiger partial charge in [-0.05, 0) is 43.2 Å². The van der Waals surface area contributed by atoms with Gasteiger partial charge in [-0.1, -0.05) is 23.8 Å². The molecule has 2 heterocycles. The summed E-state index contributed by atoms with van der Waals surface area (Å²) in [6.07, 6.45) is 6.21. The number of nitrogens with zero attached hydrogens (tertiary/aromatic N) is 1. The average Bonchev–Trinajstić information content (AvgIpc) is 3.25. The van der Waals surface area contributed by atoms with Crippen LogP contribution in [0.15, 0.2) is 53.2 Å². The molecule has 1 aromatic carbocycles. The van der Waals surface area contributed by atoms with Crippen LogP contribution in [0.2, 0.25) is 5.02 Å². The van der Waals surface area contributed by atoms with Gasteiger partial charge in [0.15, 0.2) is 5.75 Å². The molecule has 0 unspecified atom stereocenters. The molecule has 6 nitrogen and oxygen atoms in total. The predicted molar refractivity (Wildman–Crippen MR) is 93.0 cm³/mol. The zero-order chi connectivity index (χ0) is 18.3. The highest BCUT2D eigenvalue weighted by Gasteiger charge is 2.48. The Labute approximate surface area is 154 Å². The molecule has 1 aliphatic heterocycles. The second kappa shape index (κ2) is 6.46. The molecule has 2 aromatic rings. The van der Waals surface area contributed by atoms with E-state index in [1.54, 1.807) is 6.07 Å². The first kappa shape index (κ1) is 16.6. The van der Waals surface area contributed by atoms with Crippen molar-refractivity contribution in [3.05, 3.63) is 59.5 Å². The van der Waals surface area contributed by atoms with Crippen LogP contribution in [0.3, 0.4) is 0 Å². The van der Waals surface area contributed by atoms with Gasteiger partial charge < -0.3 is 9.15 Å². The summed E-state index contributed by atoms with van der Waals surface area (Å²) < 4.78 is 10.4. The lowest BCUT2D eigenvalue weighted by molar-refractivity contribution is -0.122. The minimum atomic E-state index is -0.725. The van der Waals surface area contributed by atoms with E-state index >= 15 is 0 Å². The number of ether oxygens (including phenoxy) is 1. The standard InChI is InChI=1S/C19H14ClNO5/c20-11-7-8-15(26-19(24)16-6-3-9-25-16)14(10-11)21-17(22)12-4-1-2-5-13(12)18(21)23/h1-3,6-10,12-13H,4-5H2/t12-,13-/m0/s1. The third-order valence-corrected chi connectivity index (χ3v) is 4.83. The summed E-state index contributed by atoms with van der Waals surface area (Å²) >= 11 is 6.06. The van der Waals surface area contributed by atoms with E-state index in [0.29, 0.717) is 17.9 Å². The minimum Gasteiger partial charge on any atom is -0.457 e. The van der Waals surface area contributed by atoms with Crippen molar-refractivity contribution < 1.29 is 23.5 Å². The Kier molecular flexibility index (Phi) is 4.12. The number of carbonyl (C=O) groups excluding carboxylic acids is 3. The highest BCUT2D eigenvalue weighted by molar-refractivity contribution is 6.31. The van der Waals surface area contributed by atoms with Crippen molar-refractivity contribution >= 4 is 35.1 Å². The molecule has 0 saturated carbocycles. The molecule has 1 aromatic heterocycles. The molecule has 26 heavy (non-hydrogen) atoms. The Bertz CT molecular complexity index is 892. The lowest BCUT2D eigenvalue weighted by atomic mass is 9.85. The van der Waals surface area contributed by atoms with E-state index in [2.05, 4.69) is 0 Å². The number of imide groups is 1. The lowest BCUT2D eigenvalue weighted by Gasteiger charge is -2.18. The van der Waals surface area contributed by atoms with Crippen LogP contribution in [-0.2, 0) is 9.59 Å². The maximum atomic E-state index is 12.8. The molecule has 0 N–H and O–H groups in total. The largest absolute Gasteiger partial charge is 0.457 e. The van der Waals surface area contributed by atoms with Crippen molar-refractivity contribution in [1.82, 2.24) is 0 Å². The van der Waals surface area contributed by atoms with E-state index in [9.17, 15) is 14.4 Å². The summed E-state index contributed by atoms with van der Waals surface area (Å²) in [6.45, 7) is 0. The third-order valence-electron chi connectivity index (χ3n) is 4.59. The topological polar surface area (TPSA) is 76.8 Å². The fraction of sp³-hybridized carbons (Fsp3) is 0.211. The normalized spacial score (nSPS) is 21.8. The van der Waals surface area contributed by atoms with Crippen LogP contribution < -0.4 is 9.64 Å². The van der Waals surface area contributed by atoms with E-state index in [1.165, 1.54) is 30.5 Å². The van der Waals surface area contributed by atoms with E-state index in [4.69, 9.17) is 20.8 Å². The number of allylic oxidation sites excluding steroid dienone is 2. The summed E-state index contributed by atoms with van der Waals surface area (Å²) in [5.41, 5.74) is 0.168. The molecule has 0 bridgehead atoms. The van der Waals surface area contributed by atoms with Crippen molar-refractivity contribution in [2.24, 2.45) is 11.8 Å². The van der Waals surface area contributed by atoms with Gasteiger partial charge in [0.2, 0.25) is 17.6 Å². The van der Waals surface area contributed by atoms with Crippen LogP contribution in [0.1, 0.15) is 23.4 Å². The van der Waals surface area contributed by atoms with Gasteiger partial charge in [0.25, 0.3) is 0 Å². The first-order valence-electron chi connectivity index (χ1n) is 8.14. The van der Waals surface area contributed by atoms with E-state index in [0.717, 1.165) is 4.90 Å². The number of hydrogen-bond acceptors (Lipinski definition) is 5. The number of carbonyl (C=O) groups is 3. The molecular weight excluding hydrogens is 358 g/mol. The Morgan fingerprint density at radius 1 is 1.12 bits per heavy atom. The van der Waals surface area contributed by atoms with Gasteiger partial charge in [-0.15, -0.1) is 0 Å². The first-order chi connectivity index (χ1) is 12.6. The number of esters is 1. The second-order valence-electron chi connectivity index (χ2n) is 6.15. The van der Waals surface area contributed by atoms with Crippen LogP contribution >= 0.6 is 11.6 Å². The fourth-order valence-corrected chi connectivity index (χ4v) is 3.50. The molecule has 0 spiro atoms. The zero-order valence-corrected chi connectivity index (χ0v) is 14.3. The van der Waals surface area contributed by atoms with Gasteiger partial charge in [-0.3, -0.25) is 9.59 Å². The number of anilines is 1. The molecule has 1 fully saturated rings. The minimum absolute atomic E-state index is 0.0165. The fourth-order valence-electron chi connectivity index (χ4n) is 3.33. The molecular formula is C19H14ClNO5. The van der Waals surface area contributed by atoms with E-state index in [-0.39, 0.29) is 40.8 Å². The summed E-state index contributed by atoms with van der Waals surface area (Å²) in [6, 6.07) is 7.45. The summed E-state index contributed by atoms with van der Waals surface area (Å²) in [7, 11) is 0. The van der Waals surface area contributed by atoms with Gasteiger partial charge >= 0.3 is 5.97 Å². The Morgan fingerprint density at radius 3 is 2.42 bits per heavy atom. The number of rotatable bonds is 3. The Hall–Kier alpha value is -2.86. The van der Waals surface area contributed by atoms with E-state index in [1.807, 2.05) is 12.2 Å². The molecule has 1 aliphatic carbocycles. The average molecular weight is 372 g/mol. The molecule has 7 heteroatoms. The van der Waals surface area contributed by atoms with Gasteiger partial charge in [-0.25, -0.2) is 9.69 Å². The number of halogens is 1. The molecule has 1 saturated heterocycles. The van der Waals surface area contributed by atoms with Crippen molar-refractivity contribution in [3.63, 3.8) is 0 Å². The van der Waals surface area contributed by atoms with Crippen molar-refractivity contribution in [2.45, 2.75) is 12.8 Å². The molecule has 2 aliphatic rings. The Balaban J connectivity index is 1.70.